The molecule has 158 valence electrons. The molecule has 1 atom stereocenters. The van der Waals surface area contributed by atoms with Crippen LogP contribution in [0.5, 0.6) is 0 Å². The Morgan fingerprint density at radius 2 is 1.73 bits per heavy atom. The lowest BCUT2D eigenvalue weighted by molar-refractivity contribution is -0.129. The van der Waals surface area contributed by atoms with E-state index in [2.05, 4.69) is 5.32 Å². The molecule has 0 bridgehead atoms. The highest BCUT2D eigenvalue weighted by molar-refractivity contribution is 7.89. The number of benzene rings is 2. The average molecular weight is 429 g/mol. The molecular formula is C22H24N2O5S. The zero-order chi connectivity index (χ0) is 21.3. The highest BCUT2D eigenvalue weighted by atomic mass is 32.2. The number of nitrogens with zero attached hydrogens (tertiary/aromatic N) is 1. The third kappa shape index (κ3) is 4.39. The van der Waals surface area contributed by atoms with Gasteiger partial charge in [0.15, 0.2) is 6.10 Å². The van der Waals surface area contributed by atoms with Crippen LogP contribution in [0.3, 0.4) is 0 Å². The van der Waals surface area contributed by atoms with E-state index in [1.165, 1.54) is 41.1 Å². The Kier molecular flexibility index (Phi) is 5.62. The van der Waals surface area contributed by atoms with Gasteiger partial charge in [0, 0.05) is 19.1 Å². The SMILES string of the molecule is C[C@@H](OC(=O)c1ccc(S(=O)(=O)N2CCc3ccccc3C2)cc1)C(=O)NC1CC1. The highest BCUT2D eigenvalue weighted by Gasteiger charge is 2.29. The first-order valence-electron chi connectivity index (χ1n) is 10.0. The fourth-order valence-corrected chi connectivity index (χ4v) is 4.83. The van der Waals surface area contributed by atoms with Gasteiger partial charge in [-0.2, -0.15) is 4.31 Å². The summed E-state index contributed by atoms with van der Waals surface area (Å²) in [6.07, 6.45) is 1.66. The summed E-state index contributed by atoms with van der Waals surface area (Å²) in [7, 11) is -3.67. The van der Waals surface area contributed by atoms with Gasteiger partial charge in [0.05, 0.1) is 10.5 Å². The molecule has 8 heteroatoms. The summed E-state index contributed by atoms with van der Waals surface area (Å²) >= 11 is 0. The number of carbonyl (C=O) groups excluding carboxylic acids is 2. The number of hydrogen-bond acceptors (Lipinski definition) is 5. The normalized spacial score (nSPS) is 17.6. The summed E-state index contributed by atoms with van der Waals surface area (Å²) in [4.78, 5) is 24.4. The van der Waals surface area contributed by atoms with E-state index < -0.39 is 22.1 Å². The molecule has 1 aliphatic heterocycles. The van der Waals surface area contributed by atoms with E-state index in [0.29, 0.717) is 19.5 Å². The molecular weight excluding hydrogens is 404 g/mol. The van der Waals surface area contributed by atoms with Crippen LogP contribution in [-0.2, 0) is 32.5 Å². The highest BCUT2D eigenvalue weighted by Crippen LogP contribution is 2.25. The maximum atomic E-state index is 13.0. The van der Waals surface area contributed by atoms with Gasteiger partial charge in [0.1, 0.15) is 0 Å². The minimum Gasteiger partial charge on any atom is -0.449 e. The summed E-state index contributed by atoms with van der Waals surface area (Å²) in [6.45, 7) is 2.26. The number of rotatable bonds is 6. The van der Waals surface area contributed by atoms with E-state index in [0.717, 1.165) is 18.4 Å². The van der Waals surface area contributed by atoms with Gasteiger partial charge in [-0.25, -0.2) is 13.2 Å². The van der Waals surface area contributed by atoms with Crippen LogP contribution in [0.25, 0.3) is 0 Å². The van der Waals surface area contributed by atoms with Gasteiger partial charge < -0.3 is 10.1 Å². The van der Waals surface area contributed by atoms with Crippen LogP contribution in [-0.4, -0.2) is 43.3 Å². The molecule has 0 unspecified atom stereocenters. The number of sulfonamides is 1. The van der Waals surface area contributed by atoms with Gasteiger partial charge in [0.25, 0.3) is 5.91 Å². The van der Waals surface area contributed by atoms with Crippen molar-refractivity contribution in [1.82, 2.24) is 9.62 Å². The van der Waals surface area contributed by atoms with Crippen LogP contribution < -0.4 is 5.32 Å². The maximum Gasteiger partial charge on any atom is 0.338 e. The van der Waals surface area contributed by atoms with E-state index in [4.69, 9.17) is 4.74 Å². The first kappa shape index (κ1) is 20.6. The van der Waals surface area contributed by atoms with Crippen LogP contribution in [0.1, 0.15) is 41.3 Å². The van der Waals surface area contributed by atoms with Crippen molar-refractivity contribution < 1.29 is 22.7 Å². The number of amides is 1. The number of nitrogens with one attached hydrogen (secondary N) is 1. The van der Waals surface area contributed by atoms with E-state index >= 15 is 0 Å². The second kappa shape index (κ2) is 8.20. The lowest BCUT2D eigenvalue weighted by Crippen LogP contribution is -2.37. The number of carbonyl (C=O) groups is 2. The standard InChI is InChI=1S/C22H24N2O5S/c1-15(21(25)23-19-8-9-19)29-22(26)17-6-10-20(11-7-17)30(27,28)24-13-12-16-4-2-3-5-18(16)14-24/h2-7,10-11,15,19H,8-9,12-14H2,1H3,(H,23,25)/t15-/m1/s1. The Labute approximate surface area is 176 Å². The van der Waals surface area contributed by atoms with Gasteiger partial charge in [-0.3, -0.25) is 4.79 Å². The third-order valence-electron chi connectivity index (χ3n) is 5.40. The summed E-state index contributed by atoms with van der Waals surface area (Å²) < 4.78 is 32.7. The topological polar surface area (TPSA) is 92.8 Å². The molecule has 0 aromatic heterocycles. The molecule has 1 saturated carbocycles. The number of hydrogen-bond donors (Lipinski definition) is 1. The first-order valence-corrected chi connectivity index (χ1v) is 11.5. The quantitative estimate of drug-likeness (QED) is 0.713. The molecule has 0 spiro atoms. The van der Waals surface area contributed by atoms with Crippen molar-refractivity contribution in [2.75, 3.05) is 6.54 Å². The molecule has 30 heavy (non-hydrogen) atoms. The average Bonchev–Trinajstić information content (AvgIpc) is 3.57. The molecule has 0 saturated heterocycles. The molecule has 1 N–H and O–H groups in total. The van der Waals surface area contributed by atoms with Crippen molar-refractivity contribution in [3.63, 3.8) is 0 Å². The number of fused-ring (bicyclic) bond motifs is 1. The zero-order valence-electron chi connectivity index (χ0n) is 16.7. The Morgan fingerprint density at radius 1 is 1.07 bits per heavy atom. The van der Waals surface area contributed by atoms with Crippen molar-refractivity contribution in [1.29, 1.82) is 0 Å². The molecule has 4 rings (SSSR count). The summed E-state index contributed by atoms with van der Waals surface area (Å²) in [6, 6.07) is 13.6. The van der Waals surface area contributed by atoms with E-state index in [-0.39, 0.29) is 22.4 Å². The molecule has 1 amide bonds. The molecule has 2 aromatic carbocycles. The summed E-state index contributed by atoms with van der Waals surface area (Å²) in [5.41, 5.74) is 2.37. The molecule has 1 aliphatic carbocycles. The van der Waals surface area contributed by atoms with Crippen LogP contribution in [0.2, 0.25) is 0 Å². The van der Waals surface area contributed by atoms with Crippen LogP contribution in [0.15, 0.2) is 53.4 Å². The van der Waals surface area contributed by atoms with Gasteiger partial charge in [0.2, 0.25) is 10.0 Å². The lowest BCUT2D eigenvalue weighted by atomic mass is 10.0. The summed E-state index contributed by atoms with van der Waals surface area (Å²) in [5, 5.41) is 2.78. The number of ether oxygens (including phenoxy) is 1. The number of esters is 1. The van der Waals surface area contributed by atoms with Crippen LogP contribution in [0, 0.1) is 0 Å². The minimum atomic E-state index is -3.67. The van der Waals surface area contributed by atoms with E-state index in [9.17, 15) is 18.0 Å². The van der Waals surface area contributed by atoms with Crippen molar-refractivity contribution in [3.8, 4) is 0 Å². The van der Waals surface area contributed by atoms with Crippen molar-refractivity contribution in [3.05, 3.63) is 65.2 Å². The molecule has 2 aromatic rings. The minimum absolute atomic E-state index is 0.123. The summed E-state index contributed by atoms with van der Waals surface area (Å²) in [5.74, 6) is -0.986. The maximum absolute atomic E-state index is 13.0. The predicted octanol–water partition coefficient (Wildman–Crippen LogP) is 2.26. The molecule has 1 fully saturated rings. The Balaban J connectivity index is 1.42. The zero-order valence-corrected chi connectivity index (χ0v) is 17.5. The largest absolute Gasteiger partial charge is 0.449 e. The second-order valence-electron chi connectivity index (χ2n) is 7.71. The third-order valence-corrected chi connectivity index (χ3v) is 7.26. The van der Waals surface area contributed by atoms with Gasteiger partial charge in [-0.1, -0.05) is 24.3 Å². The fourth-order valence-electron chi connectivity index (χ4n) is 3.42. The van der Waals surface area contributed by atoms with Gasteiger partial charge in [-0.05, 0) is 61.6 Å². The Bertz CT molecular complexity index is 1060. The van der Waals surface area contributed by atoms with Crippen molar-refractivity contribution in [2.24, 2.45) is 0 Å². The van der Waals surface area contributed by atoms with Crippen LogP contribution in [0.4, 0.5) is 0 Å². The lowest BCUT2D eigenvalue weighted by Gasteiger charge is -2.28. The van der Waals surface area contributed by atoms with Gasteiger partial charge in [-0.15, -0.1) is 0 Å². The van der Waals surface area contributed by atoms with E-state index in [1.807, 2.05) is 24.3 Å². The fraction of sp³-hybridized carbons (Fsp3) is 0.364. The predicted molar refractivity (Wildman–Crippen MR) is 110 cm³/mol. The smallest absolute Gasteiger partial charge is 0.338 e. The first-order chi connectivity index (χ1) is 14.3. The molecule has 2 aliphatic rings. The van der Waals surface area contributed by atoms with Gasteiger partial charge >= 0.3 is 5.97 Å². The Hall–Kier alpha value is -2.71. The second-order valence-corrected chi connectivity index (χ2v) is 9.65. The van der Waals surface area contributed by atoms with Crippen LogP contribution >= 0.6 is 0 Å². The molecule has 0 radical (unpaired) electrons. The molecule has 1 heterocycles. The van der Waals surface area contributed by atoms with E-state index in [1.54, 1.807) is 0 Å². The van der Waals surface area contributed by atoms with Crippen molar-refractivity contribution in [2.45, 2.75) is 49.8 Å². The monoisotopic (exact) mass is 428 g/mol. The Morgan fingerprint density at radius 3 is 2.40 bits per heavy atom. The molecule has 7 nitrogen and oxygen atoms in total. The van der Waals surface area contributed by atoms with Crippen molar-refractivity contribution >= 4 is 21.9 Å².